The molecule has 0 amide bonds. The van der Waals surface area contributed by atoms with Crippen LogP contribution in [0.3, 0.4) is 0 Å². The van der Waals surface area contributed by atoms with Crippen LogP contribution in [-0.4, -0.2) is 31.6 Å². The molecule has 0 spiro atoms. The predicted molar refractivity (Wildman–Crippen MR) is 82.8 cm³/mol. The van der Waals surface area contributed by atoms with Crippen molar-refractivity contribution in [1.29, 1.82) is 0 Å². The first-order valence-electron chi connectivity index (χ1n) is 7.40. The van der Waals surface area contributed by atoms with Gasteiger partial charge >= 0.3 is 0 Å². The Kier molecular flexibility index (Phi) is 4.54. The molecule has 1 aromatic rings. The molecule has 1 saturated heterocycles. The van der Waals surface area contributed by atoms with Gasteiger partial charge in [-0.2, -0.15) is 4.31 Å². The molecule has 0 radical (unpaired) electrons. The molecule has 0 atom stereocenters. The third kappa shape index (κ3) is 3.35. The third-order valence-corrected chi connectivity index (χ3v) is 6.35. The van der Waals surface area contributed by atoms with Crippen LogP contribution < -0.4 is 0 Å². The first-order chi connectivity index (χ1) is 9.77. The number of rotatable bonds is 4. The van der Waals surface area contributed by atoms with Crippen molar-refractivity contribution in [2.75, 3.05) is 13.1 Å². The third-order valence-electron chi connectivity index (χ3n) is 4.44. The molecular formula is C16H23NO3S. The maximum Gasteiger partial charge on any atom is 0.243 e. The number of Topliss-reactive ketones (excluding diaryl/α,β-unsaturated/α-hetero) is 1. The largest absolute Gasteiger partial charge is 0.300 e. The second kappa shape index (κ2) is 5.89. The molecule has 1 heterocycles. The Labute approximate surface area is 127 Å². The van der Waals surface area contributed by atoms with Gasteiger partial charge in [-0.3, -0.25) is 4.79 Å². The van der Waals surface area contributed by atoms with Crippen molar-refractivity contribution < 1.29 is 13.2 Å². The lowest BCUT2D eigenvalue weighted by Crippen LogP contribution is -2.38. The van der Waals surface area contributed by atoms with Crippen LogP contribution in [0.15, 0.2) is 29.2 Å². The van der Waals surface area contributed by atoms with Crippen molar-refractivity contribution in [3.8, 4) is 0 Å². The molecule has 21 heavy (non-hydrogen) atoms. The van der Waals surface area contributed by atoms with Crippen molar-refractivity contribution in [2.24, 2.45) is 0 Å². The Morgan fingerprint density at radius 2 is 1.62 bits per heavy atom. The standard InChI is InChI=1S/C16H23NO3S/c1-4-16(2,3)13-5-7-15(8-6-13)21(19,20)17-11-9-14(18)10-12-17/h5-8H,4,9-12H2,1-3H3. The van der Waals surface area contributed by atoms with E-state index in [0.29, 0.717) is 30.8 Å². The summed E-state index contributed by atoms with van der Waals surface area (Å²) < 4.78 is 26.5. The highest BCUT2D eigenvalue weighted by Crippen LogP contribution is 2.28. The normalized spacial score (nSPS) is 18.0. The van der Waals surface area contributed by atoms with Gasteiger partial charge < -0.3 is 0 Å². The van der Waals surface area contributed by atoms with Crippen LogP contribution in [0.25, 0.3) is 0 Å². The highest BCUT2D eigenvalue weighted by atomic mass is 32.2. The summed E-state index contributed by atoms with van der Waals surface area (Å²) >= 11 is 0. The minimum atomic E-state index is -3.47. The first-order valence-corrected chi connectivity index (χ1v) is 8.84. The number of carbonyl (C=O) groups excluding carboxylic acids is 1. The van der Waals surface area contributed by atoms with Crippen LogP contribution >= 0.6 is 0 Å². The minimum absolute atomic E-state index is 0.0415. The van der Waals surface area contributed by atoms with Gasteiger partial charge in [0.15, 0.2) is 0 Å². The Morgan fingerprint density at radius 3 is 2.10 bits per heavy atom. The fourth-order valence-corrected chi connectivity index (χ4v) is 3.85. The zero-order valence-electron chi connectivity index (χ0n) is 12.9. The average Bonchev–Trinajstić information content (AvgIpc) is 2.48. The van der Waals surface area contributed by atoms with Gasteiger partial charge in [0, 0.05) is 25.9 Å². The van der Waals surface area contributed by atoms with Crippen LogP contribution in [0.1, 0.15) is 45.6 Å². The van der Waals surface area contributed by atoms with Crippen LogP contribution in [0.2, 0.25) is 0 Å². The van der Waals surface area contributed by atoms with Gasteiger partial charge in [-0.1, -0.05) is 32.9 Å². The molecule has 116 valence electrons. The molecule has 1 fully saturated rings. The van der Waals surface area contributed by atoms with E-state index in [1.807, 2.05) is 12.1 Å². The summed E-state index contributed by atoms with van der Waals surface area (Å²) in [7, 11) is -3.47. The highest BCUT2D eigenvalue weighted by molar-refractivity contribution is 7.89. The number of ketones is 1. The molecule has 1 aliphatic heterocycles. The molecular weight excluding hydrogens is 286 g/mol. The highest BCUT2D eigenvalue weighted by Gasteiger charge is 2.28. The van der Waals surface area contributed by atoms with Crippen LogP contribution in [0.5, 0.6) is 0 Å². The van der Waals surface area contributed by atoms with E-state index in [1.54, 1.807) is 12.1 Å². The Balaban J connectivity index is 2.23. The average molecular weight is 309 g/mol. The molecule has 2 rings (SSSR count). The summed E-state index contributed by atoms with van der Waals surface area (Å²) in [6.45, 7) is 7.00. The van der Waals surface area contributed by atoms with E-state index >= 15 is 0 Å². The van der Waals surface area contributed by atoms with Crippen molar-refractivity contribution in [2.45, 2.75) is 50.3 Å². The van der Waals surface area contributed by atoms with E-state index in [2.05, 4.69) is 20.8 Å². The van der Waals surface area contributed by atoms with E-state index in [9.17, 15) is 13.2 Å². The number of benzene rings is 1. The zero-order chi connectivity index (χ0) is 15.7. The molecule has 0 unspecified atom stereocenters. The summed E-state index contributed by atoms with van der Waals surface area (Å²) in [6.07, 6.45) is 1.63. The summed E-state index contributed by atoms with van der Waals surface area (Å²) in [5.74, 6) is 0.140. The molecule has 0 bridgehead atoms. The van der Waals surface area contributed by atoms with Crippen LogP contribution in [0.4, 0.5) is 0 Å². The molecule has 0 N–H and O–H groups in total. The van der Waals surface area contributed by atoms with Gasteiger partial charge in [0.25, 0.3) is 0 Å². The number of piperidine rings is 1. The van der Waals surface area contributed by atoms with Crippen LogP contribution in [0, 0.1) is 0 Å². The molecule has 1 aromatic carbocycles. The maximum absolute atomic E-state index is 12.5. The first kappa shape index (κ1) is 16.2. The summed E-state index contributed by atoms with van der Waals surface area (Å²) in [6, 6.07) is 7.15. The Bertz CT molecular complexity index is 607. The van der Waals surface area contributed by atoms with Gasteiger partial charge in [-0.05, 0) is 29.5 Å². The Morgan fingerprint density at radius 1 is 1.10 bits per heavy atom. The van der Waals surface area contributed by atoms with Crippen molar-refractivity contribution in [3.05, 3.63) is 29.8 Å². The van der Waals surface area contributed by atoms with E-state index in [-0.39, 0.29) is 11.2 Å². The van der Waals surface area contributed by atoms with Crippen molar-refractivity contribution in [1.82, 2.24) is 4.31 Å². The second-order valence-electron chi connectivity index (χ2n) is 6.20. The maximum atomic E-state index is 12.5. The van der Waals surface area contributed by atoms with Crippen LogP contribution in [-0.2, 0) is 20.2 Å². The SMILES string of the molecule is CCC(C)(C)c1ccc(S(=O)(=O)N2CCC(=O)CC2)cc1. The summed E-state index contributed by atoms with van der Waals surface area (Å²) in [5, 5.41) is 0. The predicted octanol–water partition coefficient (Wildman–Crippen LogP) is 2.73. The monoisotopic (exact) mass is 309 g/mol. The lowest BCUT2D eigenvalue weighted by atomic mass is 9.82. The number of nitrogens with zero attached hydrogens (tertiary/aromatic N) is 1. The van der Waals surface area contributed by atoms with E-state index in [1.165, 1.54) is 4.31 Å². The van der Waals surface area contributed by atoms with Gasteiger partial charge in [-0.25, -0.2) is 8.42 Å². The van der Waals surface area contributed by atoms with Crippen molar-refractivity contribution >= 4 is 15.8 Å². The molecule has 4 nitrogen and oxygen atoms in total. The van der Waals surface area contributed by atoms with E-state index < -0.39 is 10.0 Å². The fourth-order valence-electron chi connectivity index (χ4n) is 2.41. The molecule has 0 aromatic heterocycles. The van der Waals surface area contributed by atoms with Gasteiger partial charge in [0.2, 0.25) is 10.0 Å². The minimum Gasteiger partial charge on any atom is -0.300 e. The van der Waals surface area contributed by atoms with Gasteiger partial charge in [0.05, 0.1) is 4.90 Å². The summed E-state index contributed by atoms with van der Waals surface area (Å²) in [4.78, 5) is 11.6. The number of hydrogen-bond donors (Lipinski definition) is 0. The molecule has 0 saturated carbocycles. The van der Waals surface area contributed by atoms with Gasteiger partial charge in [0.1, 0.15) is 5.78 Å². The number of hydrogen-bond acceptors (Lipinski definition) is 3. The van der Waals surface area contributed by atoms with E-state index in [4.69, 9.17) is 0 Å². The number of sulfonamides is 1. The van der Waals surface area contributed by atoms with Gasteiger partial charge in [-0.15, -0.1) is 0 Å². The molecule has 0 aliphatic carbocycles. The Hall–Kier alpha value is -1.20. The second-order valence-corrected chi connectivity index (χ2v) is 8.14. The topological polar surface area (TPSA) is 54.5 Å². The van der Waals surface area contributed by atoms with E-state index in [0.717, 1.165) is 12.0 Å². The van der Waals surface area contributed by atoms with Crippen molar-refractivity contribution in [3.63, 3.8) is 0 Å². The fraction of sp³-hybridized carbons (Fsp3) is 0.562. The summed E-state index contributed by atoms with van der Waals surface area (Å²) in [5.41, 5.74) is 1.18. The molecule has 1 aliphatic rings. The smallest absolute Gasteiger partial charge is 0.243 e. The zero-order valence-corrected chi connectivity index (χ0v) is 13.7. The lowest BCUT2D eigenvalue weighted by molar-refractivity contribution is -0.120. The quantitative estimate of drug-likeness (QED) is 0.859. The lowest BCUT2D eigenvalue weighted by Gasteiger charge is -2.26. The number of carbonyl (C=O) groups is 1. The molecule has 5 heteroatoms.